The van der Waals surface area contributed by atoms with Gasteiger partial charge in [0.15, 0.2) is 9.76 Å². The summed E-state index contributed by atoms with van der Waals surface area (Å²) in [5.41, 5.74) is -1.36. The predicted octanol–water partition coefficient (Wildman–Crippen LogP) is 0.794. The molecule has 0 N–H and O–H groups in total. The van der Waals surface area contributed by atoms with E-state index in [0.29, 0.717) is 0 Å². The molecule has 0 aromatic heterocycles. The van der Waals surface area contributed by atoms with Crippen LogP contribution in [0, 0.1) is 0 Å². The molecule has 0 aromatic carbocycles. The minimum Gasteiger partial charge on any atom is -0.412 e. The topological polar surface area (TPSA) is 26.3 Å². The lowest BCUT2D eigenvalue weighted by Gasteiger charge is -2.13. The van der Waals surface area contributed by atoms with Crippen molar-refractivity contribution >= 4 is 20.6 Å². The summed E-state index contributed by atoms with van der Waals surface area (Å²) in [6, 6.07) is 0. The van der Waals surface area contributed by atoms with E-state index in [-0.39, 0.29) is 5.94 Å². The molecule has 0 heterocycles. The fraction of sp³-hybridized carbons (Fsp3) is 1.00. The monoisotopic (exact) mass is 220 g/mol. The Kier molecular flexibility index (Phi) is 5.03. The zero-order valence-electron chi connectivity index (χ0n) is 6.85. The molecule has 0 spiro atoms. The third-order valence-electron chi connectivity index (χ3n) is 1.18. The van der Waals surface area contributed by atoms with E-state index in [0.717, 1.165) is 6.92 Å². The molecule has 0 bridgehead atoms. The molecule has 74 valence electrons. The molecule has 0 aliphatic carbocycles. The molecule has 0 rings (SSSR count). The summed E-state index contributed by atoms with van der Waals surface area (Å²) in [6.45, 7) is 1.09. The number of halogens is 3. The highest BCUT2D eigenvalue weighted by molar-refractivity contribution is 7.84. The van der Waals surface area contributed by atoms with E-state index < -0.39 is 32.3 Å². The first kappa shape index (κ1) is 12.1. The van der Waals surface area contributed by atoms with Crippen LogP contribution in [0.4, 0.5) is 13.2 Å². The third kappa shape index (κ3) is 5.73. The fourth-order valence-electron chi connectivity index (χ4n) is 0.437. The van der Waals surface area contributed by atoms with Crippen molar-refractivity contribution < 1.29 is 21.8 Å². The highest BCUT2D eigenvalue weighted by Gasteiger charge is 2.36. The van der Waals surface area contributed by atoms with Gasteiger partial charge in [0.1, 0.15) is 5.94 Å². The molecular formula is C5H11F3O2SSi. The van der Waals surface area contributed by atoms with Gasteiger partial charge in [0.2, 0.25) is 0 Å². The molecule has 0 radical (unpaired) electrons. The highest BCUT2D eigenvalue weighted by Crippen LogP contribution is 2.29. The minimum atomic E-state index is -4.17. The van der Waals surface area contributed by atoms with Crippen molar-refractivity contribution in [1.29, 1.82) is 0 Å². The summed E-state index contributed by atoms with van der Waals surface area (Å²) in [5.74, 6) is -0.0767. The SMILES string of the molecule is CC([SiH2]OCS(C)=O)C(F)(F)F. The zero-order valence-corrected chi connectivity index (χ0v) is 9.08. The largest absolute Gasteiger partial charge is 0.412 e. The van der Waals surface area contributed by atoms with Gasteiger partial charge in [0.05, 0.1) is 5.54 Å². The van der Waals surface area contributed by atoms with E-state index in [1.165, 1.54) is 6.26 Å². The van der Waals surface area contributed by atoms with Crippen LogP contribution in [0.3, 0.4) is 0 Å². The molecule has 0 aliphatic rings. The lowest BCUT2D eigenvalue weighted by atomic mass is 10.5. The van der Waals surface area contributed by atoms with Crippen molar-refractivity contribution in [2.75, 3.05) is 12.2 Å². The van der Waals surface area contributed by atoms with E-state index in [1.54, 1.807) is 0 Å². The van der Waals surface area contributed by atoms with Crippen LogP contribution in [0.25, 0.3) is 0 Å². The van der Waals surface area contributed by atoms with Crippen LogP contribution in [0.1, 0.15) is 6.92 Å². The lowest BCUT2D eigenvalue weighted by molar-refractivity contribution is -0.132. The Bertz CT molecular complexity index is 161. The first-order chi connectivity index (χ1) is 5.34. The summed E-state index contributed by atoms with van der Waals surface area (Å²) in [5, 5.41) is 0. The van der Waals surface area contributed by atoms with Gasteiger partial charge >= 0.3 is 6.18 Å². The fourth-order valence-corrected chi connectivity index (χ4v) is 2.30. The van der Waals surface area contributed by atoms with Gasteiger partial charge in [-0.3, -0.25) is 4.21 Å². The van der Waals surface area contributed by atoms with Crippen molar-refractivity contribution in [2.24, 2.45) is 0 Å². The minimum absolute atomic E-state index is 0.0767. The average Bonchev–Trinajstić information content (AvgIpc) is 1.84. The van der Waals surface area contributed by atoms with Crippen molar-refractivity contribution in [1.82, 2.24) is 0 Å². The number of rotatable bonds is 4. The maximum Gasteiger partial charge on any atom is 0.390 e. The molecule has 0 fully saturated rings. The maximum absolute atomic E-state index is 11.9. The molecule has 2 nitrogen and oxygen atoms in total. The second-order valence-electron chi connectivity index (χ2n) is 2.50. The third-order valence-corrected chi connectivity index (χ3v) is 3.37. The van der Waals surface area contributed by atoms with Crippen LogP contribution in [0.15, 0.2) is 0 Å². The molecule has 0 saturated heterocycles. The van der Waals surface area contributed by atoms with Gasteiger partial charge in [-0.15, -0.1) is 0 Å². The van der Waals surface area contributed by atoms with Gasteiger partial charge in [-0.05, 0) is 0 Å². The van der Waals surface area contributed by atoms with E-state index in [1.807, 2.05) is 0 Å². The van der Waals surface area contributed by atoms with Crippen LogP contribution in [-0.2, 0) is 15.2 Å². The molecule has 0 amide bonds. The summed E-state index contributed by atoms with van der Waals surface area (Å²) in [7, 11) is -2.79. The standard InChI is InChI=1S/C5H11F3O2SSi/c1-4(5(6,7)8)12-10-3-11(2)9/h4H,3,12H2,1-2H3. The Morgan fingerprint density at radius 1 is 1.58 bits per heavy atom. The van der Waals surface area contributed by atoms with Crippen molar-refractivity contribution in [2.45, 2.75) is 18.6 Å². The summed E-state index contributed by atoms with van der Waals surface area (Å²) >= 11 is 0. The number of hydrogen-bond acceptors (Lipinski definition) is 2. The van der Waals surface area contributed by atoms with Gasteiger partial charge in [0, 0.05) is 17.1 Å². The van der Waals surface area contributed by atoms with Crippen LogP contribution >= 0.6 is 0 Å². The van der Waals surface area contributed by atoms with Crippen molar-refractivity contribution in [3.8, 4) is 0 Å². The molecule has 0 aliphatic heterocycles. The first-order valence-corrected chi connectivity index (χ1v) is 6.40. The van der Waals surface area contributed by atoms with Crippen LogP contribution in [0.2, 0.25) is 5.54 Å². The smallest absolute Gasteiger partial charge is 0.390 e. The second kappa shape index (κ2) is 4.98. The molecule has 2 unspecified atom stereocenters. The Morgan fingerprint density at radius 3 is 2.42 bits per heavy atom. The second-order valence-corrected chi connectivity index (χ2v) is 5.85. The molecule has 0 saturated carbocycles. The van der Waals surface area contributed by atoms with Crippen molar-refractivity contribution in [3.05, 3.63) is 0 Å². The highest BCUT2D eigenvalue weighted by atomic mass is 32.2. The summed E-state index contributed by atoms with van der Waals surface area (Å²) in [6.07, 6.45) is -2.77. The van der Waals surface area contributed by atoms with Crippen LogP contribution < -0.4 is 0 Å². The maximum atomic E-state index is 11.9. The van der Waals surface area contributed by atoms with Gasteiger partial charge in [0.25, 0.3) is 0 Å². The van der Waals surface area contributed by atoms with E-state index in [4.69, 9.17) is 4.43 Å². The molecule has 2 atom stereocenters. The summed E-state index contributed by atoms with van der Waals surface area (Å²) in [4.78, 5) is 0. The quantitative estimate of drug-likeness (QED) is 0.655. The number of hydrogen-bond donors (Lipinski definition) is 0. The Hall–Kier alpha value is 0.117. The average molecular weight is 220 g/mol. The van der Waals surface area contributed by atoms with Crippen LogP contribution in [0.5, 0.6) is 0 Å². The summed E-state index contributed by atoms with van der Waals surface area (Å²) < 4.78 is 50.7. The molecule has 0 aromatic rings. The Balaban J connectivity index is 3.58. The van der Waals surface area contributed by atoms with Gasteiger partial charge in [-0.2, -0.15) is 13.2 Å². The van der Waals surface area contributed by atoms with E-state index in [9.17, 15) is 17.4 Å². The van der Waals surface area contributed by atoms with Gasteiger partial charge in [-0.25, -0.2) is 0 Å². The van der Waals surface area contributed by atoms with E-state index in [2.05, 4.69) is 0 Å². The van der Waals surface area contributed by atoms with Crippen LogP contribution in [-0.4, -0.2) is 32.3 Å². The number of alkyl halides is 3. The molecular weight excluding hydrogens is 209 g/mol. The normalized spacial score (nSPS) is 18.4. The molecule has 7 heteroatoms. The van der Waals surface area contributed by atoms with Gasteiger partial charge < -0.3 is 4.43 Å². The first-order valence-electron chi connectivity index (χ1n) is 3.28. The Morgan fingerprint density at radius 2 is 2.08 bits per heavy atom. The predicted molar refractivity (Wildman–Crippen MR) is 44.0 cm³/mol. The van der Waals surface area contributed by atoms with Gasteiger partial charge in [-0.1, -0.05) is 6.92 Å². The Labute approximate surface area is 73.9 Å². The zero-order chi connectivity index (χ0) is 9.78. The molecule has 12 heavy (non-hydrogen) atoms. The lowest BCUT2D eigenvalue weighted by Crippen LogP contribution is -2.22. The van der Waals surface area contributed by atoms with Crippen molar-refractivity contribution in [3.63, 3.8) is 0 Å². The van der Waals surface area contributed by atoms with E-state index >= 15 is 0 Å².